The van der Waals surface area contributed by atoms with Gasteiger partial charge in [0.15, 0.2) is 11.5 Å². The third-order valence-electron chi connectivity index (χ3n) is 8.86. The van der Waals surface area contributed by atoms with Gasteiger partial charge in [-0.1, -0.05) is 25.5 Å². The van der Waals surface area contributed by atoms with E-state index in [1.807, 2.05) is 13.8 Å². The van der Waals surface area contributed by atoms with E-state index in [0.717, 1.165) is 0 Å². The van der Waals surface area contributed by atoms with Gasteiger partial charge in [0.25, 0.3) is 0 Å². The lowest BCUT2D eigenvalue weighted by atomic mass is 9.44. The average Bonchev–Trinajstić information content (AvgIpc) is 2.77. The Morgan fingerprint density at radius 1 is 1.32 bits per heavy atom. The first-order valence-electron chi connectivity index (χ1n) is 10.2. The molecule has 0 aromatic rings. The number of carboxylic acids is 1. The normalized spacial score (nSPS) is 52.5. The van der Waals surface area contributed by atoms with Crippen LogP contribution >= 0.6 is 0 Å². The third-order valence-corrected chi connectivity index (χ3v) is 8.86. The second kappa shape index (κ2) is 5.76. The molecule has 2 unspecified atom stereocenters. The summed E-state index contributed by atoms with van der Waals surface area (Å²) in [5, 5.41) is 31.9. The van der Waals surface area contributed by atoms with Crippen molar-refractivity contribution < 1.29 is 29.3 Å². The molecule has 0 aromatic heterocycles. The zero-order valence-electron chi connectivity index (χ0n) is 16.6. The molecule has 4 rings (SSSR count). The lowest BCUT2D eigenvalue weighted by Crippen LogP contribution is -2.68. The number of aliphatic carboxylic acids is 1. The smallest absolute Gasteiger partial charge is 0.306 e. The highest BCUT2D eigenvalue weighted by molar-refractivity contribution is 6.01. The van der Waals surface area contributed by atoms with Crippen molar-refractivity contribution in [2.24, 2.45) is 28.6 Å². The van der Waals surface area contributed by atoms with Crippen molar-refractivity contribution in [3.05, 3.63) is 23.8 Å². The van der Waals surface area contributed by atoms with Crippen LogP contribution in [0.5, 0.6) is 0 Å². The van der Waals surface area contributed by atoms with Crippen molar-refractivity contribution in [3.8, 4) is 0 Å². The van der Waals surface area contributed by atoms with Gasteiger partial charge in [-0.2, -0.15) is 0 Å². The molecule has 0 aliphatic heterocycles. The maximum Gasteiger partial charge on any atom is 0.306 e. The van der Waals surface area contributed by atoms with Crippen molar-refractivity contribution in [1.82, 2.24) is 0 Å². The molecule has 6 heteroatoms. The van der Waals surface area contributed by atoms with Gasteiger partial charge >= 0.3 is 5.97 Å². The Bertz CT molecular complexity index is 805. The van der Waals surface area contributed by atoms with Crippen LogP contribution in [-0.4, -0.2) is 44.4 Å². The van der Waals surface area contributed by atoms with Crippen LogP contribution in [0.3, 0.4) is 0 Å². The fourth-order valence-corrected chi connectivity index (χ4v) is 7.24. The van der Waals surface area contributed by atoms with Crippen molar-refractivity contribution in [2.45, 2.75) is 70.2 Å². The van der Waals surface area contributed by atoms with Crippen LogP contribution in [0.1, 0.15) is 52.9 Å². The summed E-state index contributed by atoms with van der Waals surface area (Å²) >= 11 is 0. The van der Waals surface area contributed by atoms with E-state index in [-0.39, 0.29) is 24.0 Å². The summed E-state index contributed by atoms with van der Waals surface area (Å²) in [5.74, 6) is -2.29. The highest BCUT2D eigenvalue weighted by atomic mass is 19.1. The molecule has 5 nitrogen and oxygen atoms in total. The number of carboxylic acid groups (broad SMARTS) is 1. The summed E-state index contributed by atoms with van der Waals surface area (Å²) < 4.78 is 16.9. The van der Waals surface area contributed by atoms with Crippen LogP contribution in [0, 0.1) is 28.6 Å². The van der Waals surface area contributed by atoms with Crippen LogP contribution in [0.4, 0.5) is 4.39 Å². The van der Waals surface area contributed by atoms with E-state index < -0.39 is 46.5 Å². The van der Waals surface area contributed by atoms with Crippen molar-refractivity contribution in [2.75, 3.05) is 0 Å². The molecule has 0 spiro atoms. The summed E-state index contributed by atoms with van der Waals surface area (Å²) in [6.07, 6.45) is 4.30. The Morgan fingerprint density at radius 2 is 2.00 bits per heavy atom. The van der Waals surface area contributed by atoms with Gasteiger partial charge in [-0.25, -0.2) is 4.39 Å². The first-order chi connectivity index (χ1) is 12.9. The molecule has 4 aliphatic carbocycles. The maximum absolute atomic E-state index is 16.9. The lowest BCUT2D eigenvalue weighted by Gasteiger charge is -2.62. The van der Waals surface area contributed by atoms with Gasteiger partial charge in [0.05, 0.1) is 18.1 Å². The first-order valence-corrected chi connectivity index (χ1v) is 10.2. The van der Waals surface area contributed by atoms with Crippen molar-refractivity contribution in [3.63, 3.8) is 0 Å². The van der Waals surface area contributed by atoms with Crippen molar-refractivity contribution in [1.29, 1.82) is 0 Å². The second-order valence-electron chi connectivity index (χ2n) is 9.90. The number of hydrogen-bond donors (Lipinski definition) is 3. The molecule has 4 aliphatic rings. The molecule has 8 atom stereocenters. The summed E-state index contributed by atoms with van der Waals surface area (Å²) in [6.45, 7) is 5.40. The molecular weight excluding hydrogens is 363 g/mol. The zero-order valence-corrected chi connectivity index (χ0v) is 16.6. The minimum Gasteiger partial charge on any atom is -0.481 e. The van der Waals surface area contributed by atoms with E-state index in [0.29, 0.717) is 24.8 Å². The van der Waals surface area contributed by atoms with Gasteiger partial charge in [-0.05, 0) is 56.6 Å². The maximum atomic E-state index is 16.9. The number of aliphatic hydroxyl groups excluding tert-OH is 1. The average molecular weight is 392 g/mol. The molecule has 3 saturated carbocycles. The molecular formula is C22H29FO5. The molecule has 0 saturated heterocycles. The highest BCUT2D eigenvalue weighted by Gasteiger charge is 2.74. The standard InChI is InChI=1S/C22H29FO5/c1-12-8-16-15-5-4-13-9-14(24)6-7-19(13,2)22(15,23)17(25)10-20(16,3)21(12,28)11-18(26)27/h6-7,9,12,15-17,25,28H,4-5,8,10-11H2,1-3H3,(H,26,27)/t12?,15-,16-,17?,19-,20-,21+,22-/m0/s1. The predicted molar refractivity (Wildman–Crippen MR) is 100 cm³/mol. The Kier molecular flexibility index (Phi) is 4.07. The molecule has 0 bridgehead atoms. The molecule has 0 aromatic carbocycles. The lowest BCUT2D eigenvalue weighted by molar-refractivity contribution is -0.222. The first kappa shape index (κ1) is 19.8. The summed E-state index contributed by atoms with van der Waals surface area (Å²) in [5.41, 5.74) is -4.67. The van der Waals surface area contributed by atoms with Crippen LogP contribution in [0.25, 0.3) is 0 Å². The molecule has 28 heavy (non-hydrogen) atoms. The number of fused-ring (bicyclic) bond motifs is 5. The molecule has 0 heterocycles. The zero-order chi connectivity index (χ0) is 20.7. The number of hydrogen-bond acceptors (Lipinski definition) is 4. The van der Waals surface area contributed by atoms with Gasteiger partial charge in [-0.3, -0.25) is 9.59 Å². The van der Waals surface area contributed by atoms with E-state index in [4.69, 9.17) is 0 Å². The fourth-order valence-electron chi connectivity index (χ4n) is 7.24. The van der Waals surface area contributed by atoms with Crippen LogP contribution in [0.15, 0.2) is 23.8 Å². The number of rotatable bonds is 2. The Labute approximate surface area is 164 Å². The molecule has 0 radical (unpaired) electrons. The number of allylic oxidation sites excluding steroid dienone is 4. The minimum atomic E-state index is -1.95. The number of halogens is 1. The largest absolute Gasteiger partial charge is 0.481 e. The van der Waals surface area contributed by atoms with Gasteiger partial charge in [0.2, 0.25) is 0 Å². The number of carbonyl (C=O) groups is 2. The van der Waals surface area contributed by atoms with Gasteiger partial charge in [-0.15, -0.1) is 0 Å². The monoisotopic (exact) mass is 392 g/mol. The van der Waals surface area contributed by atoms with Gasteiger partial charge in [0.1, 0.15) is 0 Å². The summed E-state index contributed by atoms with van der Waals surface area (Å²) in [6, 6.07) is 0. The number of alkyl halides is 1. The highest BCUT2D eigenvalue weighted by Crippen LogP contribution is 2.71. The summed E-state index contributed by atoms with van der Waals surface area (Å²) in [4.78, 5) is 23.3. The van der Waals surface area contributed by atoms with Crippen LogP contribution < -0.4 is 0 Å². The van der Waals surface area contributed by atoms with E-state index in [2.05, 4.69) is 0 Å². The van der Waals surface area contributed by atoms with Gasteiger partial charge in [0, 0.05) is 16.7 Å². The van der Waals surface area contributed by atoms with E-state index >= 15 is 4.39 Å². The number of ketones is 1. The molecule has 3 N–H and O–H groups in total. The number of aliphatic hydroxyl groups is 2. The number of carbonyl (C=O) groups excluding carboxylic acids is 1. The second-order valence-corrected chi connectivity index (χ2v) is 9.90. The van der Waals surface area contributed by atoms with Crippen molar-refractivity contribution >= 4 is 11.8 Å². The minimum absolute atomic E-state index is 0.00342. The fraction of sp³-hybridized carbons (Fsp3) is 0.727. The van der Waals surface area contributed by atoms with E-state index in [1.54, 1.807) is 13.0 Å². The van der Waals surface area contributed by atoms with Crippen LogP contribution in [-0.2, 0) is 9.59 Å². The molecule has 0 amide bonds. The Morgan fingerprint density at radius 3 is 2.64 bits per heavy atom. The topological polar surface area (TPSA) is 94.8 Å². The molecule has 154 valence electrons. The Balaban J connectivity index is 1.81. The van der Waals surface area contributed by atoms with Gasteiger partial charge < -0.3 is 15.3 Å². The third kappa shape index (κ3) is 2.13. The summed E-state index contributed by atoms with van der Waals surface area (Å²) in [7, 11) is 0. The van der Waals surface area contributed by atoms with Crippen LogP contribution in [0.2, 0.25) is 0 Å². The molecule has 3 fully saturated rings. The Hall–Kier alpha value is -1.53. The van der Waals surface area contributed by atoms with E-state index in [1.165, 1.54) is 12.2 Å². The predicted octanol–water partition coefficient (Wildman–Crippen LogP) is 2.81. The SMILES string of the molecule is CC1C[C@H]2[C@@H]3CCC4=CC(=O)C=C[C@]4(C)[C@@]3(F)C(O)C[C@]2(C)[C@@]1(O)CC(=O)O. The van der Waals surface area contributed by atoms with E-state index in [9.17, 15) is 24.9 Å². The quantitative estimate of drug-likeness (QED) is 0.672.